The van der Waals surface area contributed by atoms with Crippen molar-refractivity contribution < 1.29 is 15.0 Å². The molecule has 3 heterocycles. The van der Waals surface area contributed by atoms with Crippen molar-refractivity contribution in [2.24, 2.45) is 5.41 Å². The second-order valence-electron chi connectivity index (χ2n) is 6.36. The minimum atomic E-state index is -1.07. The molecule has 3 N–H and O–H groups in total. The summed E-state index contributed by atoms with van der Waals surface area (Å²) >= 11 is 1.35. The molecule has 0 bridgehead atoms. The highest BCUT2D eigenvalue weighted by atomic mass is 32.1. The third-order valence-corrected chi connectivity index (χ3v) is 5.70. The van der Waals surface area contributed by atoms with E-state index in [2.05, 4.69) is 9.97 Å². The van der Waals surface area contributed by atoms with Gasteiger partial charge in [-0.25, -0.2) is 4.98 Å². The average Bonchev–Trinajstić information content (AvgIpc) is 2.99. The highest BCUT2D eigenvalue weighted by Gasteiger charge is 2.47. The number of carboxylic acids is 1. The number of thiophene rings is 1. The summed E-state index contributed by atoms with van der Waals surface area (Å²) in [5, 5.41) is 21.8. The Bertz CT molecular complexity index is 802. The molecule has 3 rings (SSSR count). The highest BCUT2D eigenvalue weighted by Crippen LogP contribution is 2.37. The lowest BCUT2D eigenvalue weighted by atomic mass is 9.73. The minimum Gasteiger partial charge on any atom is -0.481 e. The van der Waals surface area contributed by atoms with E-state index in [-0.39, 0.29) is 12.1 Å². The molecule has 130 valence electrons. The molecule has 8 heteroatoms. The smallest absolute Gasteiger partial charge is 0.312 e. The maximum absolute atomic E-state index is 12.0. The zero-order chi connectivity index (χ0) is 17.3. The number of nitrogens with one attached hydrogen (secondary N) is 1. The number of aliphatic hydroxyl groups excluding tert-OH is 1. The molecule has 0 spiro atoms. The van der Waals surface area contributed by atoms with Crippen molar-refractivity contribution in [3.8, 4) is 0 Å². The Kier molecular flexibility index (Phi) is 4.71. The van der Waals surface area contributed by atoms with Crippen LogP contribution in [0.25, 0.3) is 10.2 Å². The zero-order valence-electron chi connectivity index (χ0n) is 13.5. The lowest BCUT2D eigenvalue weighted by Crippen LogP contribution is -2.54. The van der Waals surface area contributed by atoms with Gasteiger partial charge in [-0.1, -0.05) is 13.3 Å². The van der Waals surface area contributed by atoms with Crippen molar-refractivity contribution in [1.82, 2.24) is 14.9 Å². The van der Waals surface area contributed by atoms with Gasteiger partial charge in [0, 0.05) is 6.54 Å². The largest absolute Gasteiger partial charge is 0.481 e. The Labute approximate surface area is 143 Å². The van der Waals surface area contributed by atoms with Crippen LogP contribution < -0.4 is 5.56 Å². The van der Waals surface area contributed by atoms with E-state index in [1.165, 1.54) is 11.3 Å². The van der Waals surface area contributed by atoms with Gasteiger partial charge in [-0.3, -0.25) is 14.5 Å². The summed E-state index contributed by atoms with van der Waals surface area (Å²) in [4.78, 5) is 32.8. The number of fused-ring (bicyclic) bond motifs is 1. The van der Waals surface area contributed by atoms with Crippen molar-refractivity contribution in [3.63, 3.8) is 0 Å². The van der Waals surface area contributed by atoms with Crippen molar-refractivity contribution in [1.29, 1.82) is 0 Å². The molecule has 24 heavy (non-hydrogen) atoms. The molecule has 2 atom stereocenters. The lowest BCUT2D eigenvalue weighted by molar-refractivity contribution is -0.164. The van der Waals surface area contributed by atoms with Crippen molar-refractivity contribution in [2.75, 3.05) is 13.1 Å². The number of aromatic nitrogens is 2. The average molecular weight is 351 g/mol. The molecule has 2 aromatic heterocycles. The molecular formula is C16H21N3O4S. The fourth-order valence-corrected chi connectivity index (χ4v) is 4.21. The van der Waals surface area contributed by atoms with Crippen LogP contribution in [0.3, 0.4) is 0 Å². The van der Waals surface area contributed by atoms with E-state index in [1.807, 2.05) is 17.2 Å². The van der Waals surface area contributed by atoms with Gasteiger partial charge in [0.1, 0.15) is 10.5 Å². The number of nitrogens with zero attached hydrogens (tertiary/aromatic N) is 2. The summed E-state index contributed by atoms with van der Waals surface area (Å²) in [7, 11) is 0. The quantitative estimate of drug-likeness (QED) is 0.752. The topological polar surface area (TPSA) is 107 Å². The zero-order valence-corrected chi connectivity index (χ0v) is 14.3. The van der Waals surface area contributed by atoms with Gasteiger partial charge in [-0.15, -0.1) is 11.3 Å². The summed E-state index contributed by atoms with van der Waals surface area (Å²) in [6, 6.07) is 1.81. The van der Waals surface area contributed by atoms with Gasteiger partial charge in [0.15, 0.2) is 0 Å². The van der Waals surface area contributed by atoms with Crippen LogP contribution in [0, 0.1) is 5.41 Å². The molecule has 0 radical (unpaired) electrons. The maximum Gasteiger partial charge on any atom is 0.312 e. The van der Waals surface area contributed by atoms with Gasteiger partial charge in [0.05, 0.1) is 23.6 Å². The van der Waals surface area contributed by atoms with E-state index in [0.717, 1.165) is 0 Å². The Balaban J connectivity index is 1.75. The van der Waals surface area contributed by atoms with Crippen molar-refractivity contribution in [3.05, 3.63) is 27.6 Å². The third kappa shape index (κ3) is 2.97. The lowest BCUT2D eigenvalue weighted by Gasteiger charge is -2.42. The summed E-state index contributed by atoms with van der Waals surface area (Å²) < 4.78 is 0.602. The van der Waals surface area contributed by atoms with E-state index in [1.54, 1.807) is 6.07 Å². The molecule has 0 amide bonds. The summed E-state index contributed by atoms with van der Waals surface area (Å²) in [6.45, 7) is 3.13. The second kappa shape index (κ2) is 6.62. The minimum absolute atomic E-state index is 0.159. The third-order valence-electron chi connectivity index (χ3n) is 4.80. The first-order valence-electron chi connectivity index (χ1n) is 8.06. The Morgan fingerprint density at radius 1 is 1.58 bits per heavy atom. The number of hydrogen-bond donors (Lipinski definition) is 3. The van der Waals surface area contributed by atoms with Gasteiger partial charge in [-0.05, 0) is 30.8 Å². The highest BCUT2D eigenvalue weighted by molar-refractivity contribution is 7.17. The number of likely N-dealkylation sites (tertiary alicyclic amines) is 1. The molecule has 7 nitrogen and oxygen atoms in total. The van der Waals surface area contributed by atoms with Crippen LogP contribution in [0.1, 0.15) is 32.0 Å². The van der Waals surface area contributed by atoms with Crippen LogP contribution in [0.4, 0.5) is 0 Å². The summed E-state index contributed by atoms with van der Waals surface area (Å²) in [5.41, 5.74) is -0.556. The molecular weight excluding hydrogens is 330 g/mol. The van der Waals surface area contributed by atoms with E-state index >= 15 is 0 Å². The van der Waals surface area contributed by atoms with Gasteiger partial charge in [-0.2, -0.15) is 0 Å². The number of carboxylic acid groups (broad SMARTS) is 1. The molecule has 0 unspecified atom stereocenters. The predicted octanol–water partition coefficient (Wildman–Crippen LogP) is 1.42. The summed E-state index contributed by atoms with van der Waals surface area (Å²) in [6.07, 6.45) is 0.642. The normalized spacial score (nSPS) is 25.2. The fourth-order valence-electron chi connectivity index (χ4n) is 3.48. The first-order chi connectivity index (χ1) is 11.5. The van der Waals surface area contributed by atoms with Crippen LogP contribution in [0.5, 0.6) is 0 Å². The fraction of sp³-hybridized carbons (Fsp3) is 0.562. The first-order valence-corrected chi connectivity index (χ1v) is 8.94. The number of piperidine rings is 1. The maximum atomic E-state index is 12.0. The monoisotopic (exact) mass is 351 g/mol. The first kappa shape index (κ1) is 17.1. The Morgan fingerprint density at radius 2 is 2.38 bits per heavy atom. The van der Waals surface area contributed by atoms with Crippen LogP contribution in [-0.4, -0.2) is 50.2 Å². The van der Waals surface area contributed by atoms with Crippen molar-refractivity contribution >= 4 is 27.5 Å². The molecule has 1 aliphatic heterocycles. The molecule has 0 saturated carbocycles. The van der Waals surface area contributed by atoms with Gasteiger partial charge < -0.3 is 15.2 Å². The van der Waals surface area contributed by atoms with Gasteiger partial charge >= 0.3 is 5.97 Å². The number of aromatic amines is 1. The number of carbonyl (C=O) groups is 1. The van der Waals surface area contributed by atoms with Gasteiger partial charge in [0.2, 0.25) is 0 Å². The second-order valence-corrected chi connectivity index (χ2v) is 7.28. The Morgan fingerprint density at radius 3 is 3.04 bits per heavy atom. The SMILES string of the molecule is CCC[C@]1(C(=O)O)CCN(Cc2nc3ccsc3c(=O)[nH]2)C[C@H]1O. The van der Waals surface area contributed by atoms with E-state index in [4.69, 9.17) is 0 Å². The Hall–Kier alpha value is -1.77. The number of aliphatic hydroxyl groups is 1. The molecule has 2 aromatic rings. The number of aliphatic carboxylic acids is 1. The number of H-pyrrole nitrogens is 1. The van der Waals surface area contributed by atoms with Crippen LogP contribution >= 0.6 is 11.3 Å². The number of hydrogen-bond acceptors (Lipinski definition) is 6. The van der Waals surface area contributed by atoms with E-state index in [9.17, 15) is 19.8 Å². The van der Waals surface area contributed by atoms with E-state index in [0.29, 0.717) is 48.4 Å². The van der Waals surface area contributed by atoms with Crippen molar-refractivity contribution in [2.45, 2.75) is 38.8 Å². The molecule has 1 fully saturated rings. The van der Waals surface area contributed by atoms with Crippen LogP contribution in [0.15, 0.2) is 16.2 Å². The molecule has 0 aliphatic carbocycles. The number of rotatable bonds is 5. The number of β-amino-alcohol motifs (C(OH)–C–C–N with tert-alkyl or cyclic N) is 1. The summed E-state index contributed by atoms with van der Waals surface area (Å²) in [5.74, 6) is -0.390. The van der Waals surface area contributed by atoms with Gasteiger partial charge in [0.25, 0.3) is 5.56 Å². The molecule has 0 aromatic carbocycles. The van der Waals surface area contributed by atoms with E-state index < -0.39 is 17.5 Å². The molecule has 1 aliphatic rings. The molecule has 1 saturated heterocycles. The van der Waals surface area contributed by atoms with Crippen LogP contribution in [0.2, 0.25) is 0 Å². The van der Waals surface area contributed by atoms with Crippen LogP contribution in [-0.2, 0) is 11.3 Å². The predicted molar refractivity (Wildman–Crippen MR) is 91.1 cm³/mol. The standard InChI is InChI=1S/C16H21N3O4S/c1-2-4-16(15(22)23)5-6-19(8-11(16)20)9-12-17-10-3-7-24-13(10)14(21)18-12/h3,7,11,20H,2,4-6,8-9H2,1H3,(H,22,23)(H,17,18,21)/t11-,16+/m1/s1.